The van der Waals surface area contributed by atoms with Crippen LogP contribution in [0.5, 0.6) is 5.75 Å². The number of ether oxygens (including phenoxy) is 1. The molecule has 2 saturated heterocycles. The molecule has 0 saturated carbocycles. The van der Waals surface area contributed by atoms with Crippen LogP contribution in [0.4, 0.5) is 4.79 Å². The van der Waals surface area contributed by atoms with Crippen molar-refractivity contribution in [3.05, 3.63) is 77.9 Å². The van der Waals surface area contributed by atoms with Crippen LogP contribution in [-0.2, 0) is 32.2 Å². The van der Waals surface area contributed by atoms with E-state index < -0.39 is 24.4 Å². The van der Waals surface area contributed by atoms with E-state index in [0.29, 0.717) is 6.42 Å². The van der Waals surface area contributed by atoms with Crippen molar-refractivity contribution in [2.24, 2.45) is 5.92 Å². The standard InChI is InChI=1S/C32H37N3O6/c1-20(2)16-28-31(38)34-27(17-22-12-14-25(36)15-13-22)30(37)33(21(3)4)18-29(34)35(41-28)32(39)40-19-24-10-7-9-23-8-5-6-11-26(23)24/h5-15,20-21,27-29,36H,16-19H2,1-4H3/t27-,28-,29?/m0/s1. The second-order valence-corrected chi connectivity index (χ2v) is 11.4. The topological polar surface area (TPSA) is 99.6 Å². The van der Waals surface area contributed by atoms with Crippen LogP contribution in [0.1, 0.15) is 45.2 Å². The van der Waals surface area contributed by atoms with Crippen LogP contribution in [0.15, 0.2) is 66.7 Å². The first kappa shape index (κ1) is 28.4. The number of benzene rings is 3. The van der Waals surface area contributed by atoms with E-state index in [4.69, 9.17) is 9.57 Å². The number of carbonyl (C=O) groups is 3. The van der Waals surface area contributed by atoms with Gasteiger partial charge in [-0.05, 0) is 60.2 Å². The summed E-state index contributed by atoms with van der Waals surface area (Å²) in [6, 6.07) is 19.3. The Kier molecular flexibility index (Phi) is 8.17. The Morgan fingerprint density at radius 3 is 2.39 bits per heavy atom. The molecule has 216 valence electrons. The highest BCUT2D eigenvalue weighted by Crippen LogP contribution is 2.32. The zero-order chi connectivity index (χ0) is 29.3. The van der Waals surface area contributed by atoms with E-state index >= 15 is 0 Å². The van der Waals surface area contributed by atoms with Crippen molar-refractivity contribution in [2.75, 3.05) is 6.54 Å². The van der Waals surface area contributed by atoms with Crippen LogP contribution in [-0.4, -0.2) is 68.8 Å². The molecule has 3 atom stereocenters. The van der Waals surface area contributed by atoms with Gasteiger partial charge in [-0.15, -0.1) is 0 Å². The molecular weight excluding hydrogens is 522 g/mol. The first-order valence-corrected chi connectivity index (χ1v) is 14.1. The number of hydrogen-bond donors (Lipinski definition) is 1. The lowest BCUT2D eigenvalue weighted by atomic mass is 9.96. The zero-order valence-corrected chi connectivity index (χ0v) is 23.9. The average molecular weight is 560 g/mol. The van der Waals surface area contributed by atoms with E-state index in [0.717, 1.165) is 27.0 Å². The van der Waals surface area contributed by atoms with Crippen molar-refractivity contribution >= 4 is 28.7 Å². The van der Waals surface area contributed by atoms with E-state index in [1.807, 2.05) is 70.2 Å². The minimum Gasteiger partial charge on any atom is -0.508 e. The SMILES string of the molecule is CC(C)C[C@@H]1ON(C(=O)OCc2cccc3ccccc23)C2CN(C(C)C)C(=O)[C@H](Cc3ccc(O)cc3)N2C1=O. The molecule has 9 heteroatoms. The van der Waals surface area contributed by atoms with Crippen LogP contribution in [0.2, 0.25) is 0 Å². The van der Waals surface area contributed by atoms with E-state index in [1.54, 1.807) is 29.2 Å². The van der Waals surface area contributed by atoms with Crippen molar-refractivity contribution in [1.82, 2.24) is 14.9 Å². The molecule has 1 N–H and O–H groups in total. The van der Waals surface area contributed by atoms with Crippen molar-refractivity contribution in [3.63, 3.8) is 0 Å². The Morgan fingerprint density at radius 2 is 1.68 bits per heavy atom. The number of amides is 3. The van der Waals surface area contributed by atoms with E-state index in [9.17, 15) is 19.5 Å². The molecule has 0 spiro atoms. The first-order valence-electron chi connectivity index (χ1n) is 14.1. The molecule has 0 bridgehead atoms. The molecule has 3 aromatic carbocycles. The quantitative estimate of drug-likeness (QED) is 0.444. The highest BCUT2D eigenvalue weighted by Gasteiger charge is 2.53. The lowest BCUT2D eigenvalue weighted by Gasteiger charge is -2.53. The minimum absolute atomic E-state index is 0.0271. The van der Waals surface area contributed by atoms with Gasteiger partial charge in [0.25, 0.3) is 5.91 Å². The van der Waals surface area contributed by atoms with Gasteiger partial charge in [-0.2, -0.15) is 5.06 Å². The Morgan fingerprint density at radius 1 is 0.976 bits per heavy atom. The second kappa shape index (κ2) is 11.8. The smallest absolute Gasteiger partial charge is 0.436 e. The second-order valence-electron chi connectivity index (χ2n) is 11.4. The monoisotopic (exact) mass is 559 g/mol. The molecule has 0 aliphatic carbocycles. The Hall–Kier alpha value is -4.11. The third-order valence-electron chi connectivity index (χ3n) is 7.71. The molecule has 2 heterocycles. The summed E-state index contributed by atoms with van der Waals surface area (Å²) >= 11 is 0. The van der Waals surface area contributed by atoms with Gasteiger partial charge in [-0.3, -0.25) is 14.4 Å². The fourth-order valence-electron chi connectivity index (χ4n) is 5.64. The predicted octanol–water partition coefficient (Wildman–Crippen LogP) is 4.86. The molecule has 2 aliphatic heterocycles. The summed E-state index contributed by atoms with van der Waals surface area (Å²) in [5.74, 6) is -0.281. The Bertz CT molecular complexity index is 1420. The third-order valence-corrected chi connectivity index (χ3v) is 7.71. The largest absolute Gasteiger partial charge is 0.508 e. The summed E-state index contributed by atoms with van der Waals surface area (Å²) in [5.41, 5.74) is 1.64. The molecule has 9 nitrogen and oxygen atoms in total. The van der Waals surface area contributed by atoms with Gasteiger partial charge in [0.1, 0.15) is 18.4 Å². The number of phenolic OH excluding ortho intramolecular Hbond substituents is 1. The zero-order valence-electron chi connectivity index (χ0n) is 23.9. The third kappa shape index (κ3) is 5.86. The number of rotatable bonds is 7. The normalized spacial score (nSPS) is 21.1. The summed E-state index contributed by atoms with van der Waals surface area (Å²) in [6.45, 7) is 7.89. The summed E-state index contributed by atoms with van der Waals surface area (Å²) in [5, 5.41) is 12.9. The maximum atomic E-state index is 13.9. The molecule has 0 radical (unpaired) electrons. The molecule has 1 unspecified atom stereocenters. The lowest BCUT2D eigenvalue weighted by molar-refractivity contribution is -0.269. The number of phenols is 1. The van der Waals surface area contributed by atoms with Crippen molar-refractivity contribution < 1.29 is 29.1 Å². The van der Waals surface area contributed by atoms with Gasteiger partial charge in [0.2, 0.25) is 5.91 Å². The van der Waals surface area contributed by atoms with Crippen LogP contribution >= 0.6 is 0 Å². The van der Waals surface area contributed by atoms with E-state index in [2.05, 4.69) is 0 Å². The number of aromatic hydroxyl groups is 1. The molecular formula is C32H37N3O6. The van der Waals surface area contributed by atoms with Gasteiger partial charge in [-0.25, -0.2) is 4.79 Å². The minimum atomic E-state index is -0.933. The number of hydrogen-bond acceptors (Lipinski definition) is 6. The van der Waals surface area contributed by atoms with Crippen LogP contribution < -0.4 is 0 Å². The van der Waals surface area contributed by atoms with E-state index in [1.165, 1.54) is 4.90 Å². The van der Waals surface area contributed by atoms with Gasteiger partial charge < -0.3 is 19.6 Å². The highest BCUT2D eigenvalue weighted by atomic mass is 16.7. The number of hydroxylamine groups is 2. The molecule has 3 amide bonds. The summed E-state index contributed by atoms with van der Waals surface area (Å²) in [6.07, 6.45) is -1.89. The Labute approximate surface area is 240 Å². The summed E-state index contributed by atoms with van der Waals surface area (Å²) in [4.78, 5) is 50.6. The number of fused-ring (bicyclic) bond motifs is 2. The van der Waals surface area contributed by atoms with Crippen LogP contribution in [0, 0.1) is 5.92 Å². The van der Waals surface area contributed by atoms with Crippen molar-refractivity contribution in [1.29, 1.82) is 0 Å². The molecule has 0 aromatic heterocycles. The maximum Gasteiger partial charge on any atom is 0.436 e. The van der Waals surface area contributed by atoms with Gasteiger partial charge in [0, 0.05) is 12.5 Å². The van der Waals surface area contributed by atoms with Gasteiger partial charge in [0.15, 0.2) is 12.3 Å². The molecule has 41 heavy (non-hydrogen) atoms. The van der Waals surface area contributed by atoms with Crippen LogP contribution in [0.3, 0.4) is 0 Å². The summed E-state index contributed by atoms with van der Waals surface area (Å²) in [7, 11) is 0. The number of piperazine rings is 1. The highest BCUT2D eigenvalue weighted by molar-refractivity contribution is 5.92. The molecule has 2 aliphatic rings. The fourth-order valence-corrected chi connectivity index (χ4v) is 5.64. The number of carbonyl (C=O) groups excluding carboxylic acids is 3. The van der Waals surface area contributed by atoms with E-state index in [-0.39, 0.29) is 49.1 Å². The molecule has 2 fully saturated rings. The lowest BCUT2D eigenvalue weighted by Crippen LogP contribution is -2.74. The molecule has 3 aromatic rings. The Balaban J connectivity index is 1.46. The predicted molar refractivity (Wildman–Crippen MR) is 153 cm³/mol. The van der Waals surface area contributed by atoms with Crippen LogP contribution in [0.25, 0.3) is 10.8 Å². The average Bonchev–Trinajstić information content (AvgIpc) is 2.95. The maximum absolute atomic E-state index is 13.9. The van der Waals surface area contributed by atoms with Crippen molar-refractivity contribution in [3.8, 4) is 5.75 Å². The number of nitrogens with zero attached hydrogens (tertiary/aromatic N) is 3. The summed E-state index contributed by atoms with van der Waals surface area (Å²) < 4.78 is 5.80. The fraction of sp³-hybridized carbons (Fsp3) is 0.406. The van der Waals surface area contributed by atoms with Crippen molar-refractivity contribution in [2.45, 2.75) is 71.5 Å². The first-order chi connectivity index (χ1) is 19.6. The molecule has 5 rings (SSSR count). The van der Waals surface area contributed by atoms with Gasteiger partial charge >= 0.3 is 6.09 Å². The van der Waals surface area contributed by atoms with Gasteiger partial charge in [-0.1, -0.05) is 68.4 Å². The van der Waals surface area contributed by atoms with Gasteiger partial charge in [0.05, 0.1) is 6.54 Å².